The number of benzene rings is 1. The van der Waals surface area contributed by atoms with E-state index in [9.17, 15) is 5.26 Å². The van der Waals surface area contributed by atoms with Gasteiger partial charge in [-0.05, 0) is 24.8 Å². The third kappa shape index (κ3) is 3.11. The predicted molar refractivity (Wildman–Crippen MR) is 89.5 cm³/mol. The second kappa shape index (κ2) is 5.88. The van der Waals surface area contributed by atoms with Crippen molar-refractivity contribution < 1.29 is 4.42 Å². The number of nitriles is 1. The molecule has 0 saturated heterocycles. The largest absolute Gasteiger partial charge is 0.421 e. The Bertz CT molecular complexity index is 790. The van der Waals surface area contributed by atoms with Gasteiger partial charge in [-0.3, -0.25) is 0 Å². The van der Waals surface area contributed by atoms with Crippen LogP contribution < -0.4 is 5.43 Å². The van der Waals surface area contributed by atoms with E-state index in [0.29, 0.717) is 11.8 Å². The van der Waals surface area contributed by atoms with Gasteiger partial charge in [-0.15, -0.1) is 0 Å². The summed E-state index contributed by atoms with van der Waals surface area (Å²) in [6, 6.07) is 10.3. The van der Waals surface area contributed by atoms with Crippen molar-refractivity contribution in [1.82, 2.24) is 4.98 Å². The number of oxazole rings is 1. The van der Waals surface area contributed by atoms with E-state index in [4.69, 9.17) is 4.42 Å². The minimum atomic E-state index is -0.254. The Labute approximate surface area is 136 Å². The lowest BCUT2D eigenvalue weighted by Gasteiger charge is -2.17. The maximum Gasteiger partial charge on any atom is 0.252 e. The van der Waals surface area contributed by atoms with Crippen molar-refractivity contribution in [3.63, 3.8) is 0 Å². The first-order chi connectivity index (χ1) is 11.0. The van der Waals surface area contributed by atoms with E-state index in [2.05, 4.69) is 39.8 Å². The quantitative estimate of drug-likeness (QED) is 0.851. The summed E-state index contributed by atoms with van der Waals surface area (Å²) in [6.45, 7) is 5.98. The highest BCUT2D eigenvalue weighted by atomic mass is 16.4. The molecule has 0 radical (unpaired) electrons. The molecule has 0 fully saturated rings. The number of hydrogen-bond acceptors (Lipinski definition) is 5. The van der Waals surface area contributed by atoms with Gasteiger partial charge in [0.15, 0.2) is 0 Å². The summed E-state index contributed by atoms with van der Waals surface area (Å²) >= 11 is 0. The van der Waals surface area contributed by atoms with Crippen LogP contribution in [-0.2, 0) is 11.8 Å². The van der Waals surface area contributed by atoms with E-state index in [1.54, 1.807) is 0 Å². The molecule has 1 N–H and O–H groups in total. The van der Waals surface area contributed by atoms with Gasteiger partial charge < -0.3 is 4.42 Å². The van der Waals surface area contributed by atoms with Gasteiger partial charge in [0, 0.05) is 11.0 Å². The summed E-state index contributed by atoms with van der Waals surface area (Å²) in [5.41, 5.74) is 6.36. The highest BCUT2D eigenvalue weighted by molar-refractivity contribution is 6.03. The Hall–Kier alpha value is -2.61. The highest BCUT2D eigenvalue weighted by Gasteiger charge is 2.24. The van der Waals surface area contributed by atoms with Gasteiger partial charge >= 0.3 is 0 Å². The molecule has 0 amide bonds. The van der Waals surface area contributed by atoms with E-state index >= 15 is 0 Å². The molecule has 1 heterocycles. The van der Waals surface area contributed by atoms with Gasteiger partial charge in [0.1, 0.15) is 6.07 Å². The molecule has 1 aromatic carbocycles. The van der Waals surface area contributed by atoms with Gasteiger partial charge in [0.05, 0.1) is 5.71 Å². The van der Waals surface area contributed by atoms with Crippen molar-refractivity contribution in [3.8, 4) is 6.07 Å². The zero-order chi connectivity index (χ0) is 16.4. The lowest BCUT2D eigenvalue weighted by atomic mass is 9.90. The summed E-state index contributed by atoms with van der Waals surface area (Å²) in [4.78, 5) is 4.25. The van der Waals surface area contributed by atoms with Crippen LogP contribution in [0.3, 0.4) is 0 Å². The summed E-state index contributed by atoms with van der Waals surface area (Å²) in [5, 5.41) is 13.7. The average molecular weight is 308 g/mol. The molecule has 1 aromatic heterocycles. The van der Waals surface area contributed by atoms with E-state index in [-0.39, 0.29) is 11.1 Å². The maximum absolute atomic E-state index is 9.23. The van der Waals surface area contributed by atoms with Crippen molar-refractivity contribution in [2.75, 3.05) is 5.43 Å². The molecule has 1 aliphatic carbocycles. The van der Waals surface area contributed by atoms with Crippen LogP contribution in [0.5, 0.6) is 0 Å². The van der Waals surface area contributed by atoms with E-state index in [1.165, 1.54) is 11.1 Å². The Kier molecular flexibility index (Phi) is 3.91. The number of aromatic nitrogens is 1. The van der Waals surface area contributed by atoms with E-state index in [0.717, 1.165) is 25.0 Å². The fourth-order valence-corrected chi connectivity index (χ4v) is 2.63. The number of fused-ring (bicyclic) bond motifs is 1. The third-order valence-corrected chi connectivity index (χ3v) is 3.86. The lowest BCUT2D eigenvalue weighted by molar-refractivity contribution is 0.399. The molecular weight excluding hydrogens is 288 g/mol. The number of hydrogen-bond donors (Lipinski definition) is 1. The van der Waals surface area contributed by atoms with Gasteiger partial charge in [0.2, 0.25) is 11.6 Å². The smallest absolute Gasteiger partial charge is 0.252 e. The first kappa shape index (κ1) is 15.3. The number of rotatable bonds is 2. The molecular formula is C18H20N4O. The Morgan fingerprint density at radius 3 is 2.78 bits per heavy atom. The molecule has 23 heavy (non-hydrogen) atoms. The molecule has 0 bridgehead atoms. The molecule has 5 heteroatoms. The van der Waals surface area contributed by atoms with E-state index in [1.807, 2.05) is 26.8 Å². The monoisotopic (exact) mass is 308 g/mol. The first-order valence-corrected chi connectivity index (χ1v) is 7.81. The van der Waals surface area contributed by atoms with Crippen molar-refractivity contribution in [2.45, 2.75) is 45.4 Å². The Balaban J connectivity index is 1.90. The van der Waals surface area contributed by atoms with Gasteiger partial charge in [-0.25, -0.2) is 5.43 Å². The van der Waals surface area contributed by atoms with Crippen molar-refractivity contribution in [2.24, 2.45) is 5.10 Å². The number of anilines is 1. The van der Waals surface area contributed by atoms with Gasteiger partial charge in [-0.2, -0.15) is 15.3 Å². The molecule has 3 rings (SSSR count). The standard InChI is InChI=1S/C18H20N4O/c1-18(2,3)17-20-15(11-19)16(23-17)22-21-14-10-6-8-12-7-4-5-9-13(12)14/h4-5,7,9,22H,6,8,10H2,1-3H3/b21-14-. The lowest BCUT2D eigenvalue weighted by Crippen LogP contribution is -2.13. The first-order valence-electron chi connectivity index (χ1n) is 7.81. The molecule has 1 aliphatic rings. The third-order valence-electron chi connectivity index (χ3n) is 3.86. The van der Waals surface area contributed by atoms with Crippen molar-refractivity contribution in [1.29, 1.82) is 5.26 Å². The minimum absolute atomic E-state index is 0.239. The summed E-state index contributed by atoms with van der Waals surface area (Å²) < 4.78 is 5.70. The highest BCUT2D eigenvalue weighted by Crippen LogP contribution is 2.27. The maximum atomic E-state index is 9.23. The van der Waals surface area contributed by atoms with Crippen molar-refractivity contribution in [3.05, 3.63) is 47.0 Å². The fourth-order valence-electron chi connectivity index (χ4n) is 2.63. The molecule has 118 valence electrons. The van der Waals surface area contributed by atoms with Crippen LogP contribution in [-0.4, -0.2) is 10.7 Å². The van der Waals surface area contributed by atoms with Crippen molar-refractivity contribution >= 4 is 11.6 Å². The average Bonchev–Trinajstić information content (AvgIpc) is 2.96. The molecule has 0 atom stereocenters. The van der Waals surface area contributed by atoms with Crippen LogP contribution in [0, 0.1) is 11.3 Å². The van der Waals surface area contributed by atoms with Crippen LogP contribution in [0.1, 0.15) is 56.3 Å². The van der Waals surface area contributed by atoms with Crippen LogP contribution in [0.25, 0.3) is 0 Å². The zero-order valence-electron chi connectivity index (χ0n) is 13.7. The number of nitrogens with one attached hydrogen (secondary N) is 1. The topological polar surface area (TPSA) is 74.2 Å². The summed E-state index contributed by atoms with van der Waals surface area (Å²) in [5.74, 6) is 0.841. The molecule has 0 aliphatic heterocycles. The van der Waals surface area contributed by atoms with Gasteiger partial charge in [-0.1, -0.05) is 45.0 Å². The second-order valence-corrected chi connectivity index (χ2v) is 6.74. The van der Waals surface area contributed by atoms with Crippen LogP contribution in [0.2, 0.25) is 0 Å². The number of nitrogens with zero attached hydrogens (tertiary/aromatic N) is 3. The minimum Gasteiger partial charge on any atom is -0.421 e. The number of aryl methyl sites for hydroxylation is 1. The molecule has 5 nitrogen and oxygen atoms in total. The normalized spacial score (nSPS) is 16.0. The Morgan fingerprint density at radius 1 is 1.26 bits per heavy atom. The Morgan fingerprint density at radius 2 is 2.04 bits per heavy atom. The molecule has 0 unspecified atom stereocenters. The molecule has 2 aromatic rings. The summed E-state index contributed by atoms with van der Waals surface area (Å²) in [6.07, 6.45) is 3.06. The molecule has 0 spiro atoms. The van der Waals surface area contributed by atoms with Crippen LogP contribution in [0.4, 0.5) is 5.88 Å². The SMILES string of the molecule is CC(C)(C)c1nc(C#N)c(N/N=C2/CCCc3ccccc32)o1. The van der Waals surface area contributed by atoms with E-state index < -0.39 is 0 Å². The molecule has 0 saturated carbocycles. The summed E-state index contributed by atoms with van der Waals surface area (Å²) in [7, 11) is 0. The fraction of sp³-hybridized carbons (Fsp3) is 0.389. The second-order valence-electron chi connectivity index (χ2n) is 6.74. The van der Waals surface area contributed by atoms with Gasteiger partial charge in [0.25, 0.3) is 5.88 Å². The van der Waals surface area contributed by atoms with Crippen LogP contribution >= 0.6 is 0 Å². The van der Waals surface area contributed by atoms with Crippen LogP contribution in [0.15, 0.2) is 33.8 Å². The zero-order valence-corrected chi connectivity index (χ0v) is 13.7. The number of hydrazone groups is 1. The predicted octanol–water partition coefficient (Wildman–Crippen LogP) is 4.00.